The molecule has 2 fully saturated rings. The molecule has 0 spiro atoms. The maximum absolute atomic E-state index is 12.5. The average molecular weight is 324 g/mol. The van der Waals surface area contributed by atoms with Gasteiger partial charge in [-0.1, -0.05) is 0 Å². The van der Waals surface area contributed by atoms with Gasteiger partial charge < -0.3 is 14.5 Å². The van der Waals surface area contributed by atoms with Crippen LogP contribution in [0, 0.1) is 0 Å². The summed E-state index contributed by atoms with van der Waals surface area (Å²) in [6, 6.07) is 0. The van der Waals surface area contributed by atoms with Crippen LogP contribution in [0.1, 0.15) is 0 Å². The molecule has 22 heavy (non-hydrogen) atoms. The number of hydrogen-bond acceptors (Lipinski definition) is 5. The fourth-order valence-electron chi connectivity index (χ4n) is 2.57. The van der Waals surface area contributed by atoms with Crippen molar-refractivity contribution in [3.63, 3.8) is 0 Å². The number of alkyl halides is 3. The van der Waals surface area contributed by atoms with Gasteiger partial charge in [0.15, 0.2) is 0 Å². The number of likely N-dealkylation sites (N-methyl/N-ethyl adjacent to an activating group) is 1. The summed E-state index contributed by atoms with van der Waals surface area (Å²) in [5.74, 6) is 0. The van der Waals surface area contributed by atoms with E-state index >= 15 is 0 Å². The minimum Gasteiger partial charge on any atom is -0.448 e. The van der Waals surface area contributed by atoms with Crippen LogP contribution < -0.4 is 0 Å². The lowest BCUT2D eigenvalue weighted by Gasteiger charge is -2.35. The third-order valence-corrected chi connectivity index (χ3v) is 4.13. The van der Waals surface area contributed by atoms with Crippen LogP contribution in [0.5, 0.6) is 0 Å². The summed E-state index contributed by atoms with van der Waals surface area (Å²) in [5.41, 5.74) is 0. The summed E-state index contributed by atoms with van der Waals surface area (Å²) in [7, 11) is 2.07. The molecule has 0 N–H and O–H groups in total. The molecule has 1 amide bonds. The fraction of sp³-hybridized carbons (Fsp3) is 0.923. The Hall–Kier alpha value is -1.06. The highest BCUT2D eigenvalue weighted by atomic mass is 19.4. The number of amides is 1. The maximum atomic E-state index is 12.5. The van der Waals surface area contributed by atoms with Crippen molar-refractivity contribution >= 4 is 6.09 Å². The summed E-state index contributed by atoms with van der Waals surface area (Å²) < 4.78 is 42.6. The average Bonchev–Trinajstić information content (AvgIpc) is 2.48. The molecule has 2 rings (SSSR count). The van der Waals surface area contributed by atoms with Crippen molar-refractivity contribution in [1.29, 1.82) is 0 Å². The van der Waals surface area contributed by atoms with Crippen LogP contribution in [0.2, 0.25) is 0 Å². The Labute approximate surface area is 128 Å². The minimum absolute atomic E-state index is 0.0485. The lowest BCUT2D eigenvalue weighted by Crippen LogP contribution is -2.53. The second kappa shape index (κ2) is 7.47. The van der Waals surface area contributed by atoms with E-state index < -0.39 is 12.4 Å². The zero-order valence-electron chi connectivity index (χ0n) is 12.8. The van der Waals surface area contributed by atoms with E-state index in [9.17, 15) is 18.0 Å². The molecule has 0 aromatic rings. The predicted octanol–water partition coefficient (Wildman–Crippen LogP) is 0.508. The van der Waals surface area contributed by atoms with Crippen LogP contribution in [-0.4, -0.2) is 105 Å². The van der Waals surface area contributed by atoms with Gasteiger partial charge in [0.05, 0.1) is 0 Å². The van der Waals surface area contributed by atoms with Gasteiger partial charge in [0, 0.05) is 58.9 Å². The topological polar surface area (TPSA) is 39.3 Å². The van der Waals surface area contributed by atoms with Crippen molar-refractivity contribution in [2.75, 3.05) is 72.6 Å². The standard InChI is InChI=1S/C13H23F3N4O2/c1-17-2-4-18(5-3-17)10-11-22-12(21)19-6-8-20(9-7-19)13(14,15)16/h2-11H2,1H3. The van der Waals surface area contributed by atoms with Gasteiger partial charge in [-0.25, -0.2) is 9.69 Å². The van der Waals surface area contributed by atoms with E-state index in [1.54, 1.807) is 0 Å². The summed E-state index contributed by atoms with van der Waals surface area (Å²) in [6.45, 7) is 4.52. The monoisotopic (exact) mass is 324 g/mol. The van der Waals surface area contributed by atoms with Crippen LogP contribution in [0.3, 0.4) is 0 Å². The molecule has 0 aromatic heterocycles. The molecule has 2 aliphatic heterocycles. The molecule has 2 saturated heterocycles. The minimum atomic E-state index is -4.32. The van der Waals surface area contributed by atoms with Gasteiger partial charge in [-0.3, -0.25) is 4.90 Å². The summed E-state index contributed by atoms with van der Waals surface area (Å²) in [4.78, 5) is 18.0. The van der Waals surface area contributed by atoms with E-state index in [0.717, 1.165) is 26.2 Å². The van der Waals surface area contributed by atoms with Crippen LogP contribution in [0.25, 0.3) is 0 Å². The van der Waals surface area contributed by atoms with Gasteiger partial charge in [-0.2, -0.15) is 13.2 Å². The van der Waals surface area contributed by atoms with Crippen molar-refractivity contribution < 1.29 is 22.7 Å². The molecule has 0 unspecified atom stereocenters. The van der Waals surface area contributed by atoms with Crippen LogP contribution in [-0.2, 0) is 4.74 Å². The first kappa shape index (κ1) is 17.3. The van der Waals surface area contributed by atoms with Gasteiger partial charge in [0.25, 0.3) is 0 Å². The normalized spacial score (nSPS) is 22.8. The SMILES string of the molecule is CN1CCN(CCOC(=O)N2CCN(C(F)(F)F)CC2)CC1. The van der Waals surface area contributed by atoms with E-state index in [1.165, 1.54) is 4.90 Å². The third-order valence-electron chi connectivity index (χ3n) is 4.13. The first-order valence-electron chi connectivity index (χ1n) is 7.50. The summed E-state index contributed by atoms with van der Waals surface area (Å²) in [5, 5.41) is 0. The van der Waals surface area contributed by atoms with Crippen molar-refractivity contribution in [1.82, 2.24) is 19.6 Å². The number of piperazine rings is 2. The van der Waals surface area contributed by atoms with E-state index in [2.05, 4.69) is 16.8 Å². The second-order valence-corrected chi connectivity index (χ2v) is 5.70. The number of rotatable bonds is 3. The number of halogens is 3. The van der Waals surface area contributed by atoms with Crippen molar-refractivity contribution in [2.45, 2.75) is 6.30 Å². The first-order chi connectivity index (χ1) is 10.4. The molecule has 6 nitrogen and oxygen atoms in total. The smallest absolute Gasteiger partial charge is 0.448 e. The number of ether oxygens (including phenoxy) is 1. The molecule has 0 atom stereocenters. The number of hydrogen-bond donors (Lipinski definition) is 0. The third kappa shape index (κ3) is 4.99. The Balaban J connectivity index is 1.62. The molecule has 2 aliphatic rings. The molecule has 128 valence electrons. The van der Waals surface area contributed by atoms with E-state index in [1.807, 2.05) is 0 Å². The maximum Gasteiger partial charge on any atom is 0.460 e. The lowest BCUT2D eigenvalue weighted by molar-refractivity contribution is -0.251. The van der Waals surface area contributed by atoms with E-state index in [0.29, 0.717) is 11.4 Å². The van der Waals surface area contributed by atoms with Gasteiger partial charge in [0.1, 0.15) is 6.61 Å². The quantitative estimate of drug-likeness (QED) is 0.708. The molecular weight excluding hydrogens is 301 g/mol. The van der Waals surface area contributed by atoms with Crippen molar-refractivity contribution in [3.05, 3.63) is 0 Å². The van der Waals surface area contributed by atoms with Crippen LogP contribution >= 0.6 is 0 Å². The Bertz CT molecular complexity index is 365. The van der Waals surface area contributed by atoms with Crippen LogP contribution in [0.4, 0.5) is 18.0 Å². The molecule has 9 heteroatoms. The zero-order chi connectivity index (χ0) is 16.2. The lowest BCUT2D eigenvalue weighted by atomic mass is 10.3. The Morgan fingerprint density at radius 3 is 2.14 bits per heavy atom. The zero-order valence-corrected chi connectivity index (χ0v) is 12.8. The number of carbonyl (C=O) groups excluding carboxylic acids is 1. The molecule has 0 aromatic carbocycles. The molecule has 2 heterocycles. The summed E-state index contributed by atoms with van der Waals surface area (Å²) >= 11 is 0. The van der Waals surface area contributed by atoms with Gasteiger partial charge in [0.2, 0.25) is 0 Å². The van der Waals surface area contributed by atoms with Crippen LogP contribution in [0.15, 0.2) is 0 Å². The predicted molar refractivity (Wildman–Crippen MR) is 74.5 cm³/mol. The molecule has 0 bridgehead atoms. The largest absolute Gasteiger partial charge is 0.460 e. The van der Waals surface area contributed by atoms with Gasteiger partial charge in [-0.05, 0) is 7.05 Å². The second-order valence-electron chi connectivity index (χ2n) is 5.70. The van der Waals surface area contributed by atoms with E-state index in [4.69, 9.17) is 4.74 Å². The Morgan fingerprint density at radius 2 is 1.59 bits per heavy atom. The Kier molecular flexibility index (Phi) is 5.87. The molecular formula is C13H23F3N4O2. The van der Waals surface area contributed by atoms with E-state index in [-0.39, 0.29) is 32.8 Å². The highest BCUT2D eigenvalue weighted by molar-refractivity contribution is 5.67. The van der Waals surface area contributed by atoms with Gasteiger partial charge >= 0.3 is 12.4 Å². The highest BCUT2D eigenvalue weighted by Gasteiger charge is 2.39. The molecule has 0 saturated carbocycles. The van der Waals surface area contributed by atoms with Gasteiger partial charge in [-0.15, -0.1) is 0 Å². The van der Waals surface area contributed by atoms with Crippen molar-refractivity contribution in [2.24, 2.45) is 0 Å². The number of nitrogens with zero attached hydrogens (tertiary/aromatic N) is 4. The number of carbonyl (C=O) groups is 1. The highest BCUT2D eigenvalue weighted by Crippen LogP contribution is 2.22. The van der Waals surface area contributed by atoms with Crippen molar-refractivity contribution in [3.8, 4) is 0 Å². The molecule has 0 aliphatic carbocycles. The summed E-state index contributed by atoms with van der Waals surface area (Å²) in [6.07, 6.45) is -4.84. The first-order valence-corrected chi connectivity index (χ1v) is 7.50. The fourth-order valence-corrected chi connectivity index (χ4v) is 2.57. The molecule has 0 radical (unpaired) electrons. The Morgan fingerprint density at radius 1 is 1.00 bits per heavy atom.